The minimum atomic E-state index is 0.454. The highest BCUT2D eigenvalue weighted by Gasteiger charge is 2.23. The van der Waals surface area contributed by atoms with E-state index in [1.165, 1.54) is 6.42 Å². The van der Waals surface area contributed by atoms with Gasteiger partial charge in [-0.2, -0.15) is 0 Å². The first-order valence-corrected chi connectivity index (χ1v) is 3.95. The molecule has 0 aliphatic carbocycles. The first-order valence-electron chi connectivity index (χ1n) is 3.95. The average molecular weight is 144 g/mol. The summed E-state index contributed by atoms with van der Waals surface area (Å²) < 4.78 is 10.4. The lowest BCUT2D eigenvalue weighted by atomic mass is 9.99. The minimum Gasteiger partial charge on any atom is -0.385 e. The minimum absolute atomic E-state index is 0.454. The summed E-state index contributed by atoms with van der Waals surface area (Å²) in [4.78, 5) is 0. The monoisotopic (exact) mass is 144 g/mol. The molecule has 1 heterocycles. The lowest BCUT2D eigenvalue weighted by Crippen LogP contribution is -2.12. The normalized spacial score (nSPS) is 33.0. The molecule has 2 heteroatoms. The van der Waals surface area contributed by atoms with E-state index in [9.17, 15) is 0 Å². The molecule has 0 aromatic rings. The van der Waals surface area contributed by atoms with E-state index >= 15 is 0 Å². The van der Waals surface area contributed by atoms with Gasteiger partial charge in [0.2, 0.25) is 0 Å². The Morgan fingerprint density at radius 2 is 2.40 bits per heavy atom. The van der Waals surface area contributed by atoms with Gasteiger partial charge in [0, 0.05) is 20.3 Å². The van der Waals surface area contributed by atoms with Crippen LogP contribution in [-0.2, 0) is 9.47 Å². The van der Waals surface area contributed by atoms with Crippen molar-refractivity contribution in [1.29, 1.82) is 0 Å². The van der Waals surface area contributed by atoms with Gasteiger partial charge in [0.1, 0.15) is 0 Å². The summed E-state index contributed by atoms with van der Waals surface area (Å²) in [6, 6.07) is 0. The van der Waals surface area contributed by atoms with E-state index in [1.54, 1.807) is 7.11 Å². The van der Waals surface area contributed by atoms with Gasteiger partial charge in [-0.3, -0.25) is 0 Å². The highest BCUT2D eigenvalue weighted by molar-refractivity contribution is 4.71. The molecule has 1 rings (SSSR count). The van der Waals surface area contributed by atoms with Crippen molar-refractivity contribution in [3.05, 3.63) is 0 Å². The molecule has 0 aromatic carbocycles. The van der Waals surface area contributed by atoms with Gasteiger partial charge in [-0.05, 0) is 25.7 Å². The van der Waals surface area contributed by atoms with Gasteiger partial charge in [0.15, 0.2) is 0 Å². The molecule has 1 saturated heterocycles. The van der Waals surface area contributed by atoms with Crippen LogP contribution in [0.1, 0.15) is 19.8 Å². The van der Waals surface area contributed by atoms with Crippen LogP contribution < -0.4 is 0 Å². The second-order valence-electron chi connectivity index (χ2n) is 2.91. The third kappa shape index (κ3) is 1.96. The van der Waals surface area contributed by atoms with Gasteiger partial charge in [-0.1, -0.05) is 0 Å². The van der Waals surface area contributed by atoms with Crippen molar-refractivity contribution in [3.8, 4) is 0 Å². The number of hydrogen-bond donors (Lipinski definition) is 0. The van der Waals surface area contributed by atoms with Gasteiger partial charge in [-0.25, -0.2) is 0 Å². The molecule has 60 valence electrons. The van der Waals surface area contributed by atoms with E-state index in [0.717, 1.165) is 25.6 Å². The summed E-state index contributed by atoms with van der Waals surface area (Å²) in [5.41, 5.74) is 0. The van der Waals surface area contributed by atoms with Crippen molar-refractivity contribution >= 4 is 0 Å². The predicted octanol–water partition coefficient (Wildman–Crippen LogP) is 1.45. The molecular formula is C8H16O2. The van der Waals surface area contributed by atoms with Crippen molar-refractivity contribution in [3.63, 3.8) is 0 Å². The summed E-state index contributed by atoms with van der Waals surface area (Å²) in [5.74, 6) is 0.736. The van der Waals surface area contributed by atoms with Gasteiger partial charge >= 0.3 is 0 Å². The van der Waals surface area contributed by atoms with Crippen LogP contribution in [0.25, 0.3) is 0 Å². The SMILES string of the molecule is COCCC1CCOC1C. The number of rotatable bonds is 3. The smallest absolute Gasteiger partial charge is 0.0576 e. The fourth-order valence-corrected chi connectivity index (χ4v) is 1.42. The molecular weight excluding hydrogens is 128 g/mol. The molecule has 2 atom stereocenters. The Morgan fingerprint density at radius 1 is 1.60 bits per heavy atom. The third-order valence-electron chi connectivity index (χ3n) is 2.23. The molecule has 2 nitrogen and oxygen atoms in total. The summed E-state index contributed by atoms with van der Waals surface area (Å²) in [6.07, 6.45) is 2.82. The molecule has 2 unspecified atom stereocenters. The lowest BCUT2D eigenvalue weighted by Gasteiger charge is -2.12. The quantitative estimate of drug-likeness (QED) is 0.597. The molecule has 0 amide bonds. The van der Waals surface area contributed by atoms with Crippen LogP contribution in [0.3, 0.4) is 0 Å². The van der Waals surface area contributed by atoms with Crippen LogP contribution in [-0.4, -0.2) is 26.4 Å². The molecule has 1 fully saturated rings. The summed E-state index contributed by atoms with van der Waals surface area (Å²) in [6.45, 7) is 3.96. The molecule has 1 aliphatic heterocycles. The van der Waals surface area contributed by atoms with E-state index < -0.39 is 0 Å². The van der Waals surface area contributed by atoms with Crippen LogP contribution in [0.15, 0.2) is 0 Å². The molecule has 0 saturated carbocycles. The number of ether oxygens (including phenoxy) is 2. The second-order valence-corrected chi connectivity index (χ2v) is 2.91. The Bertz CT molecular complexity index is 93.3. The molecule has 0 radical (unpaired) electrons. The van der Waals surface area contributed by atoms with Crippen LogP contribution in [0.2, 0.25) is 0 Å². The summed E-state index contributed by atoms with van der Waals surface area (Å²) in [7, 11) is 1.75. The van der Waals surface area contributed by atoms with Crippen LogP contribution in [0, 0.1) is 5.92 Å². The van der Waals surface area contributed by atoms with E-state index in [1.807, 2.05) is 0 Å². The molecule has 1 aliphatic rings. The molecule has 0 aromatic heterocycles. The maximum atomic E-state index is 5.41. The van der Waals surface area contributed by atoms with Gasteiger partial charge in [0.25, 0.3) is 0 Å². The Kier molecular flexibility index (Phi) is 3.16. The lowest BCUT2D eigenvalue weighted by molar-refractivity contribution is 0.0925. The molecule has 10 heavy (non-hydrogen) atoms. The zero-order valence-electron chi connectivity index (χ0n) is 6.80. The van der Waals surface area contributed by atoms with E-state index in [0.29, 0.717) is 6.10 Å². The van der Waals surface area contributed by atoms with Crippen molar-refractivity contribution in [1.82, 2.24) is 0 Å². The largest absolute Gasteiger partial charge is 0.385 e. The number of hydrogen-bond acceptors (Lipinski definition) is 2. The van der Waals surface area contributed by atoms with Crippen molar-refractivity contribution in [2.45, 2.75) is 25.9 Å². The van der Waals surface area contributed by atoms with Gasteiger partial charge in [-0.15, -0.1) is 0 Å². The first kappa shape index (κ1) is 8.02. The standard InChI is InChI=1S/C8H16O2/c1-7-8(3-5-9-2)4-6-10-7/h7-8H,3-6H2,1-2H3. The second kappa shape index (κ2) is 3.94. The fraction of sp³-hybridized carbons (Fsp3) is 1.00. The third-order valence-corrected chi connectivity index (χ3v) is 2.23. The van der Waals surface area contributed by atoms with Crippen LogP contribution in [0.4, 0.5) is 0 Å². The van der Waals surface area contributed by atoms with E-state index in [2.05, 4.69) is 6.92 Å². The van der Waals surface area contributed by atoms with Crippen LogP contribution in [0.5, 0.6) is 0 Å². The highest BCUT2D eigenvalue weighted by atomic mass is 16.5. The first-order chi connectivity index (χ1) is 4.84. The molecule has 0 N–H and O–H groups in total. The van der Waals surface area contributed by atoms with Crippen molar-refractivity contribution < 1.29 is 9.47 Å². The molecule has 0 spiro atoms. The zero-order chi connectivity index (χ0) is 7.40. The van der Waals surface area contributed by atoms with Gasteiger partial charge in [0.05, 0.1) is 6.10 Å². The maximum Gasteiger partial charge on any atom is 0.0576 e. The van der Waals surface area contributed by atoms with Crippen LogP contribution >= 0.6 is 0 Å². The van der Waals surface area contributed by atoms with Crippen molar-refractivity contribution in [2.24, 2.45) is 5.92 Å². The Morgan fingerprint density at radius 3 is 2.90 bits per heavy atom. The topological polar surface area (TPSA) is 18.5 Å². The zero-order valence-corrected chi connectivity index (χ0v) is 6.80. The Labute approximate surface area is 62.5 Å². The highest BCUT2D eigenvalue weighted by Crippen LogP contribution is 2.23. The average Bonchev–Trinajstić information content (AvgIpc) is 2.31. The Hall–Kier alpha value is -0.0800. The fourth-order valence-electron chi connectivity index (χ4n) is 1.42. The van der Waals surface area contributed by atoms with E-state index in [-0.39, 0.29) is 0 Å². The maximum absolute atomic E-state index is 5.41. The van der Waals surface area contributed by atoms with Crippen molar-refractivity contribution in [2.75, 3.05) is 20.3 Å². The number of methoxy groups -OCH3 is 1. The summed E-state index contributed by atoms with van der Waals surface area (Å²) in [5, 5.41) is 0. The Balaban J connectivity index is 2.14. The van der Waals surface area contributed by atoms with E-state index in [4.69, 9.17) is 9.47 Å². The predicted molar refractivity (Wildman–Crippen MR) is 40.0 cm³/mol. The summed E-state index contributed by atoms with van der Waals surface area (Å²) >= 11 is 0. The molecule has 0 bridgehead atoms. The van der Waals surface area contributed by atoms with Gasteiger partial charge < -0.3 is 9.47 Å².